The average molecular weight is 326 g/mol. The third kappa shape index (κ3) is 3.95. The van der Waals surface area contributed by atoms with Crippen LogP contribution >= 0.6 is 11.6 Å². The molecule has 1 aromatic rings. The predicted octanol–water partition coefficient (Wildman–Crippen LogP) is 4.53. The van der Waals surface area contributed by atoms with Crippen molar-refractivity contribution < 1.29 is 14.3 Å². The topological polar surface area (TPSA) is 61.5 Å². The molecule has 1 rings (SSSR count). The first kappa shape index (κ1) is 18.4. The molecule has 0 saturated carbocycles. The largest absolute Gasteiger partial charge is 0.496 e. The molecule has 1 atom stereocenters. The summed E-state index contributed by atoms with van der Waals surface area (Å²) in [6.07, 6.45) is 0.924. The second-order valence-corrected chi connectivity index (χ2v) is 6.68. The number of nitrogens with two attached hydrogens (primary N) is 1. The number of ether oxygens (including phenoxy) is 2. The Labute approximate surface area is 137 Å². The Hall–Kier alpha value is -1.68. The normalized spacial score (nSPS) is 12.6. The standard InChI is InChI=1S/C17H24ClNO3/c1-7-11-10(2)14(18)8-12(15(11)21-6)13(17(3,4)5)9-22-16(19)20/h7-8,13H,1,9H2,2-6H3,(H2,19,20). The van der Waals surface area contributed by atoms with E-state index in [-0.39, 0.29) is 17.9 Å². The number of hydrogen-bond acceptors (Lipinski definition) is 3. The molecule has 122 valence electrons. The lowest BCUT2D eigenvalue weighted by atomic mass is 9.76. The molecule has 2 N–H and O–H groups in total. The van der Waals surface area contributed by atoms with Crippen molar-refractivity contribution in [3.63, 3.8) is 0 Å². The SMILES string of the molecule is C=Cc1c(C)c(Cl)cc(C(COC(N)=O)C(C)(C)C)c1OC. The zero-order valence-electron chi connectivity index (χ0n) is 13.8. The number of carbonyl (C=O) groups excluding carboxylic acids is 1. The third-order valence-electron chi connectivity index (χ3n) is 3.77. The highest BCUT2D eigenvalue weighted by Crippen LogP contribution is 2.44. The average Bonchev–Trinajstić information content (AvgIpc) is 2.40. The molecule has 0 spiro atoms. The van der Waals surface area contributed by atoms with E-state index >= 15 is 0 Å². The summed E-state index contributed by atoms with van der Waals surface area (Å²) in [4.78, 5) is 11.0. The number of primary amides is 1. The van der Waals surface area contributed by atoms with Crippen LogP contribution in [-0.4, -0.2) is 19.8 Å². The van der Waals surface area contributed by atoms with Gasteiger partial charge in [0.1, 0.15) is 12.4 Å². The van der Waals surface area contributed by atoms with Crippen LogP contribution in [0.15, 0.2) is 12.6 Å². The molecule has 1 amide bonds. The second-order valence-electron chi connectivity index (χ2n) is 6.27. The van der Waals surface area contributed by atoms with E-state index in [1.54, 1.807) is 13.2 Å². The van der Waals surface area contributed by atoms with Crippen molar-refractivity contribution in [2.45, 2.75) is 33.6 Å². The van der Waals surface area contributed by atoms with Gasteiger partial charge in [0.05, 0.1) is 7.11 Å². The number of carbonyl (C=O) groups is 1. The van der Waals surface area contributed by atoms with E-state index in [1.165, 1.54) is 0 Å². The van der Waals surface area contributed by atoms with Gasteiger partial charge < -0.3 is 15.2 Å². The van der Waals surface area contributed by atoms with E-state index < -0.39 is 6.09 Å². The Morgan fingerprint density at radius 2 is 2.09 bits per heavy atom. The maximum Gasteiger partial charge on any atom is 0.404 e. The summed E-state index contributed by atoms with van der Waals surface area (Å²) in [5.74, 6) is 0.580. The molecule has 0 aromatic heterocycles. The zero-order chi connectivity index (χ0) is 17.1. The van der Waals surface area contributed by atoms with Gasteiger partial charge in [0, 0.05) is 22.1 Å². The summed E-state index contributed by atoms with van der Waals surface area (Å²) in [5, 5.41) is 0.624. The summed E-state index contributed by atoms with van der Waals surface area (Å²) >= 11 is 6.35. The maximum absolute atomic E-state index is 11.0. The molecule has 5 heteroatoms. The first-order chi connectivity index (χ1) is 10.1. The van der Waals surface area contributed by atoms with Crippen molar-refractivity contribution in [3.05, 3.63) is 34.4 Å². The molecule has 1 aromatic carbocycles. The molecule has 0 aliphatic carbocycles. The lowest BCUT2D eigenvalue weighted by Gasteiger charge is -2.32. The molecular weight excluding hydrogens is 302 g/mol. The zero-order valence-corrected chi connectivity index (χ0v) is 14.6. The molecule has 0 aliphatic heterocycles. The quantitative estimate of drug-likeness (QED) is 0.865. The van der Waals surface area contributed by atoms with E-state index in [0.717, 1.165) is 16.7 Å². The first-order valence-electron chi connectivity index (χ1n) is 7.05. The Kier molecular flexibility index (Phi) is 5.89. The first-order valence-corrected chi connectivity index (χ1v) is 7.42. The van der Waals surface area contributed by atoms with Gasteiger partial charge in [-0.05, 0) is 24.0 Å². The lowest BCUT2D eigenvalue weighted by molar-refractivity contribution is 0.125. The number of methoxy groups -OCH3 is 1. The molecule has 0 radical (unpaired) electrons. The molecule has 1 unspecified atom stereocenters. The van der Waals surface area contributed by atoms with Crippen LogP contribution in [0, 0.1) is 12.3 Å². The maximum atomic E-state index is 11.0. The number of rotatable bonds is 5. The van der Waals surface area contributed by atoms with Gasteiger partial charge in [-0.1, -0.05) is 45.0 Å². The number of halogens is 1. The van der Waals surface area contributed by atoms with E-state index in [1.807, 2.05) is 13.0 Å². The summed E-state index contributed by atoms with van der Waals surface area (Å²) in [6, 6.07) is 1.86. The third-order valence-corrected chi connectivity index (χ3v) is 4.17. The molecule has 4 nitrogen and oxygen atoms in total. The minimum Gasteiger partial charge on any atom is -0.496 e. The van der Waals surface area contributed by atoms with Gasteiger partial charge in [0.15, 0.2) is 0 Å². The van der Waals surface area contributed by atoms with Crippen LogP contribution in [0.5, 0.6) is 5.75 Å². The fraction of sp³-hybridized carbons (Fsp3) is 0.471. The van der Waals surface area contributed by atoms with Crippen LogP contribution in [0.4, 0.5) is 4.79 Å². The second kappa shape index (κ2) is 7.05. The highest BCUT2D eigenvalue weighted by atomic mass is 35.5. The summed E-state index contributed by atoms with van der Waals surface area (Å²) in [7, 11) is 1.60. The monoisotopic (exact) mass is 325 g/mol. The molecule has 0 bridgehead atoms. The van der Waals surface area contributed by atoms with Crippen molar-refractivity contribution in [2.75, 3.05) is 13.7 Å². The Bertz CT molecular complexity index is 576. The van der Waals surface area contributed by atoms with Gasteiger partial charge in [0.25, 0.3) is 0 Å². The molecular formula is C17H24ClNO3. The van der Waals surface area contributed by atoms with Gasteiger partial charge >= 0.3 is 6.09 Å². The minimum atomic E-state index is -0.796. The number of hydrogen-bond donors (Lipinski definition) is 1. The molecule has 0 heterocycles. The van der Waals surface area contributed by atoms with E-state index in [4.69, 9.17) is 26.8 Å². The van der Waals surface area contributed by atoms with Crippen molar-refractivity contribution >= 4 is 23.8 Å². The number of amides is 1. The van der Waals surface area contributed by atoms with Crippen LogP contribution < -0.4 is 10.5 Å². The van der Waals surface area contributed by atoms with Crippen molar-refractivity contribution in [2.24, 2.45) is 11.1 Å². The molecule has 0 aliphatic rings. The van der Waals surface area contributed by atoms with Crippen LogP contribution in [0.25, 0.3) is 6.08 Å². The minimum absolute atomic E-state index is 0.119. The fourth-order valence-electron chi connectivity index (χ4n) is 2.47. The summed E-state index contributed by atoms with van der Waals surface area (Å²) in [6.45, 7) is 12.1. The Balaban J connectivity index is 3.50. The van der Waals surface area contributed by atoms with Gasteiger partial charge in [-0.3, -0.25) is 0 Å². The molecule has 22 heavy (non-hydrogen) atoms. The van der Waals surface area contributed by atoms with Crippen molar-refractivity contribution in [1.82, 2.24) is 0 Å². The van der Waals surface area contributed by atoms with Crippen molar-refractivity contribution in [3.8, 4) is 5.75 Å². The van der Waals surface area contributed by atoms with E-state index in [2.05, 4.69) is 27.4 Å². The highest BCUT2D eigenvalue weighted by molar-refractivity contribution is 6.31. The molecule has 0 saturated heterocycles. The van der Waals surface area contributed by atoms with Gasteiger partial charge in [-0.15, -0.1) is 0 Å². The fourth-order valence-corrected chi connectivity index (χ4v) is 2.69. The van der Waals surface area contributed by atoms with Crippen LogP contribution in [0.2, 0.25) is 5.02 Å². The van der Waals surface area contributed by atoms with Gasteiger partial charge in [-0.25, -0.2) is 4.79 Å². The molecule has 0 fully saturated rings. The Morgan fingerprint density at radius 1 is 1.50 bits per heavy atom. The lowest BCUT2D eigenvalue weighted by Crippen LogP contribution is -2.27. The summed E-state index contributed by atoms with van der Waals surface area (Å²) in [5.41, 5.74) is 7.55. The van der Waals surface area contributed by atoms with E-state index in [9.17, 15) is 4.79 Å². The van der Waals surface area contributed by atoms with E-state index in [0.29, 0.717) is 10.8 Å². The van der Waals surface area contributed by atoms with Gasteiger partial charge in [0.2, 0.25) is 0 Å². The Morgan fingerprint density at radius 3 is 2.50 bits per heavy atom. The van der Waals surface area contributed by atoms with Crippen LogP contribution in [0.3, 0.4) is 0 Å². The smallest absolute Gasteiger partial charge is 0.404 e. The predicted molar refractivity (Wildman–Crippen MR) is 90.6 cm³/mol. The van der Waals surface area contributed by atoms with Crippen molar-refractivity contribution in [1.29, 1.82) is 0 Å². The van der Waals surface area contributed by atoms with Crippen LogP contribution in [-0.2, 0) is 4.74 Å². The number of benzene rings is 1. The van der Waals surface area contributed by atoms with Gasteiger partial charge in [-0.2, -0.15) is 0 Å². The van der Waals surface area contributed by atoms with Crippen LogP contribution in [0.1, 0.15) is 43.4 Å². The highest BCUT2D eigenvalue weighted by Gasteiger charge is 2.31. The summed E-state index contributed by atoms with van der Waals surface area (Å²) < 4.78 is 10.6.